The third kappa shape index (κ3) is 4.07. The van der Waals surface area contributed by atoms with Gasteiger partial charge in [-0.15, -0.1) is 0 Å². The van der Waals surface area contributed by atoms with Gasteiger partial charge in [-0.2, -0.15) is 5.10 Å². The van der Waals surface area contributed by atoms with Gasteiger partial charge in [0, 0.05) is 19.3 Å². The zero-order valence-electron chi connectivity index (χ0n) is 12.7. The van der Waals surface area contributed by atoms with Crippen molar-refractivity contribution in [1.82, 2.24) is 15.1 Å². The van der Waals surface area contributed by atoms with Crippen LogP contribution in [0.1, 0.15) is 51.6 Å². The molecule has 0 aromatic carbocycles. The Balaban J connectivity index is 1.97. The van der Waals surface area contributed by atoms with E-state index in [9.17, 15) is 0 Å². The molecule has 0 aliphatic heterocycles. The zero-order valence-corrected chi connectivity index (χ0v) is 12.7. The van der Waals surface area contributed by atoms with Crippen molar-refractivity contribution in [3.05, 3.63) is 18.0 Å². The van der Waals surface area contributed by atoms with E-state index in [1.807, 2.05) is 11.7 Å². The molecule has 0 spiro atoms. The van der Waals surface area contributed by atoms with Gasteiger partial charge >= 0.3 is 0 Å². The lowest BCUT2D eigenvalue weighted by Gasteiger charge is -2.36. The van der Waals surface area contributed by atoms with Crippen LogP contribution in [-0.2, 0) is 13.5 Å². The first-order chi connectivity index (χ1) is 9.22. The van der Waals surface area contributed by atoms with Crippen LogP contribution in [0.5, 0.6) is 0 Å². The molecular formula is C16H29N3. The van der Waals surface area contributed by atoms with Crippen LogP contribution in [0.25, 0.3) is 0 Å². The first-order valence-electron chi connectivity index (χ1n) is 7.94. The molecule has 1 aromatic rings. The van der Waals surface area contributed by atoms with Gasteiger partial charge in [0.15, 0.2) is 0 Å². The van der Waals surface area contributed by atoms with E-state index in [1.165, 1.54) is 37.8 Å². The monoisotopic (exact) mass is 263 g/mol. The van der Waals surface area contributed by atoms with Crippen LogP contribution in [0, 0.1) is 11.8 Å². The maximum atomic E-state index is 4.56. The molecule has 0 bridgehead atoms. The maximum absolute atomic E-state index is 4.56. The summed E-state index contributed by atoms with van der Waals surface area (Å²) < 4.78 is 1.92. The fourth-order valence-electron chi connectivity index (χ4n) is 3.40. The second-order valence-corrected chi connectivity index (χ2v) is 6.09. The quantitative estimate of drug-likeness (QED) is 0.854. The van der Waals surface area contributed by atoms with Crippen LogP contribution in [0.15, 0.2) is 12.3 Å². The smallest absolute Gasteiger partial charge is 0.0627 e. The Morgan fingerprint density at radius 1 is 1.37 bits per heavy atom. The molecule has 1 saturated carbocycles. The molecule has 19 heavy (non-hydrogen) atoms. The van der Waals surface area contributed by atoms with Crippen molar-refractivity contribution < 1.29 is 0 Å². The zero-order chi connectivity index (χ0) is 13.7. The molecular weight excluding hydrogens is 234 g/mol. The molecule has 1 aliphatic carbocycles. The van der Waals surface area contributed by atoms with E-state index in [0.29, 0.717) is 6.04 Å². The number of nitrogens with zero attached hydrogens (tertiary/aromatic N) is 2. The number of hydrogen-bond acceptors (Lipinski definition) is 2. The molecule has 1 N–H and O–H groups in total. The second kappa shape index (κ2) is 7.09. The molecule has 3 atom stereocenters. The molecule has 1 aliphatic rings. The predicted octanol–water partition coefficient (Wildman–Crippen LogP) is 3.16. The number of nitrogens with one attached hydrogen (secondary N) is 1. The summed E-state index contributed by atoms with van der Waals surface area (Å²) in [5.41, 5.74) is 1.26. The minimum absolute atomic E-state index is 0.699. The van der Waals surface area contributed by atoms with E-state index in [2.05, 4.69) is 36.5 Å². The normalized spacial score (nSPS) is 27.6. The SMILES string of the molecule is CCCNC1CCC(CC)CC1Cc1ccn(C)n1. The van der Waals surface area contributed by atoms with Gasteiger partial charge in [0.2, 0.25) is 0 Å². The summed E-state index contributed by atoms with van der Waals surface area (Å²) in [5.74, 6) is 1.69. The van der Waals surface area contributed by atoms with E-state index in [4.69, 9.17) is 0 Å². The van der Waals surface area contributed by atoms with Crippen molar-refractivity contribution in [3.8, 4) is 0 Å². The molecule has 1 aromatic heterocycles. The van der Waals surface area contributed by atoms with Crippen LogP contribution in [-0.4, -0.2) is 22.4 Å². The third-order valence-electron chi connectivity index (χ3n) is 4.57. The largest absolute Gasteiger partial charge is 0.314 e. The summed E-state index contributed by atoms with van der Waals surface area (Å²) in [6.07, 6.45) is 9.87. The van der Waals surface area contributed by atoms with Crippen molar-refractivity contribution in [1.29, 1.82) is 0 Å². The lowest BCUT2D eigenvalue weighted by molar-refractivity contribution is 0.197. The molecule has 2 rings (SSSR count). The molecule has 108 valence electrons. The standard InChI is InChI=1S/C16H29N3/c1-4-9-17-16-7-6-13(5-2)11-14(16)12-15-8-10-19(3)18-15/h8,10,13-14,16-17H,4-7,9,11-12H2,1-3H3. The Kier molecular flexibility index (Phi) is 5.44. The van der Waals surface area contributed by atoms with Crippen LogP contribution >= 0.6 is 0 Å². The Labute approximate surface area is 117 Å². The van der Waals surface area contributed by atoms with Crippen LogP contribution in [0.3, 0.4) is 0 Å². The Morgan fingerprint density at radius 2 is 2.21 bits per heavy atom. The summed E-state index contributed by atoms with van der Waals surface area (Å²) in [4.78, 5) is 0. The molecule has 3 unspecified atom stereocenters. The third-order valence-corrected chi connectivity index (χ3v) is 4.57. The Hall–Kier alpha value is -0.830. The molecule has 1 heterocycles. The fraction of sp³-hybridized carbons (Fsp3) is 0.812. The fourth-order valence-corrected chi connectivity index (χ4v) is 3.40. The highest BCUT2D eigenvalue weighted by Crippen LogP contribution is 2.33. The minimum Gasteiger partial charge on any atom is -0.314 e. The van der Waals surface area contributed by atoms with Gasteiger partial charge in [-0.25, -0.2) is 0 Å². The number of aryl methyl sites for hydroxylation is 1. The molecule has 1 fully saturated rings. The Morgan fingerprint density at radius 3 is 2.84 bits per heavy atom. The maximum Gasteiger partial charge on any atom is 0.0627 e. The van der Waals surface area contributed by atoms with E-state index in [-0.39, 0.29) is 0 Å². The van der Waals surface area contributed by atoms with Gasteiger partial charge in [-0.05, 0) is 56.6 Å². The van der Waals surface area contributed by atoms with E-state index in [0.717, 1.165) is 24.8 Å². The average Bonchev–Trinajstić information content (AvgIpc) is 2.82. The van der Waals surface area contributed by atoms with Crippen molar-refractivity contribution in [3.63, 3.8) is 0 Å². The van der Waals surface area contributed by atoms with Crippen molar-refractivity contribution >= 4 is 0 Å². The summed E-state index contributed by atoms with van der Waals surface area (Å²) in [7, 11) is 2.01. The molecule has 3 nitrogen and oxygen atoms in total. The topological polar surface area (TPSA) is 29.9 Å². The van der Waals surface area contributed by atoms with E-state index in [1.54, 1.807) is 0 Å². The lowest BCUT2D eigenvalue weighted by atomic mass is 9.75. The number of rotatable bonds is 6. The Bertz CT molecular complexity index is 372. The summed E-state index contributed by atoms with van der Waals surface area (Å²) in [6.45, 7) is 5.74. The van der Waals surface area contributed by atoms with Crippen LogP contribution < -0.4 is 5.32 Å². The van der Waals surface area contributed by atoms with Crippen molar-refractivity contribution in [2.75, 3.05) is 6.54 Å². The van der Waals surface area contributed by atoms with Gasteiger partial charge in [-0.1, -0.05) is 20.3 Å². The number of aromatic nitrogens is 2. The molecule has 3 heteroatoms. The van der Waals surface area contributed by atoms with Gasteiger partial charge < -0.3 is 5.32 Å². The summed E-state index contributed by atoms with van der Waals surface area (Å²) in [6, 6.07) is 2.87. The molecule has 0 saturated heterocycles. The van der Waals surface area contributed by atoms with E-state index >= 15 is 0 Å². The predicted molar refractivity (Wildman–Crippen MR) is 80.1 cm³/mol. The first kappa shape index (κ1) is 14.6. The summed E-state index contributed by atoms with van der Waals surface area (Å²) >= 11 is 0. The van der Waals surface area contributed by atoms with Gasteiger partial charge in [-0.3, -0.25) is 4.68 Å². The van der Waals surface area contributed by atoms with Crippen molar-refractivity contribution in [2.45, 2.75) is 58.4 Å². The number of hydrogen-bond donors (Lipinski definition) is 1. The minimum atomic E-state index is 0.699. The van der Waals surface area contributed by atoms with Crippen LogP contribution in [0.4, 0.5) is 0 Å². The lowest BCUT2D eigenvalue weighted by Crippen LogP contribution is -2.42. The van der Waals surface area contributed by atoms with Crippen molar-refractivity contribution in [2.24, 2.45) is 18.9 Å². The van der Waals surface area contributed by atoms with Crippen LogP contribution in [0.2, 0.25) is 0 Å². The van der Waals surface area contributed by atoms with Gasteiger partial charge in [0.05, 0.1) is 5.69 Å². The highest BCUT2D eigenvalue weighted by Gasteiger charge is 2.29. The van der Waals surface area contributed by atoms with E-state index < -0.39 is 0 Å². The van der Waals surface area contributed by atoms with Gasteiger partial charge in [0.25, 0.3) is 0 Å². The first-order valence-corrected chi connectivity index (χ1v) is 7.94. The highest BCUT2D eigenvalue weighted by atomic mass is 15.2. The van der Waals surface area contributed by atoms with Gasteiger partial charge in [0.1, 0.15) is 0 Å². The average molecular weight is 263 g/mol. The highest BCUT2D eigenvalue weighted by molar-refractivity contribution is 5.02. The molecule has 0 amide bonds. The summed E-state index contributed by atoms with van der Waals surface area (Å²) in [5, 5.41) is 8.32. The molecule has 0 radical (unpaired) electrons. The second-order valence-electron chi connectivity index (χ2n) is 6.09.